The Bertz CT molecular complexity index is 691. The van der Waals surface area contributed by atoms with Gasteiger partial charge in [0.2, 0.25) is 0 Å². The second-order valence-electron chi connectivity index (χ2n) is 7.05. The van der Waals surface area contributed by atoms with Crippen molar-refractivity contribution >= 4 is 11.6 Å². The number of anilines is 2. The maximum Gasteiger partial charge on any atom is 0.134 e. The minimum atomic E-state index is 0.252. The summed E-state index contributed by atoms with van der Waals surface area (Å²) in [5.74, 6) is 2.29. The van der Waals surface area contributed by atoms with E-state index in [1.807, 2.05) is 18.3 Å². The Morgan fingerprint density at radius 2 is 2.08 bits per heavy atom. The molecule has 4 rings (SSSR count). The van der Waals surface area contributed by atoms with Gasteiger partial charge >= 0.3 is 0 Å². The van der Waals surface area contributed by atoms with Crippen molar-refractivity contribution in [3.63, 3.8) is 0 Å². The molecule has 0 spiro atoms. The fraction of sp³-hybridized carbons (Fsp3) is 0.526. The molecular formula is C19H25N5O. The summed E-state index contributed by atoms with van der Waals surface area (Å²) in [7, 11) is 0. The summed E-state index contributed by atoms with van der Waals surface area (Å²) in [5.41, 5.74) is 1.06. The van der Waals surface area contributed by atoms with E-state index in [1.165, 1.54) is 12.8 Å². The second-order valence-corrected chi connectivity index (χ2v) is 7.05. The van der Waals surface area contributed by atoms with E-state index in [1.54, 1.807) is 6.33 Å². The van der Waals surface area contributed by atoms with Crippen LogP contribution in [-0.2, 0) is 6.54 Å². The number of nitrogens with zero attached hydrogens (tertiary/aromatic N) is 5. The average Bonchev–Trinajstić information content (AvgIpc) is 3.52. The van der Waals surface area contributed by atoms with Crippen molar-refractivity contribution < 1.29 is 5.11 Å². The van der Waals surface area contributed by atoms with Crippen molar-refractivity contribution in [2.75, 3.05) is 29.5 Å². The first kappa shape index (κ1) is 16.3. The van der Waals surface area contributed by atoms with Gasteiger partial charge in [0.05, 0.1) is 12.2 Å². The predicted molar refractivity (Wildman–Crippen MR) is 97.5 cm³/mol. The van der Waals surface area contributed by atoms with E-state index >= 15 is 0 Å². The van der Waals surface area contributed by atoms with E-state index in [-0.39, 0.29) is 6.61 Å². The summed E-state index contributed by atoms with van der Waals surface area (Å²) >= 11 is 0. The summed E-state index contributed by atoms with van der Waals surface area (Å²) in [6.07, 6.45) is 8.13. The molecule has 6 heteroatoms. The predicted octanol–water partition coefficient (Wildman–Crippen LogP) is 2.25. The number of aliphatic hydroxyl groups is 1. The first-order chi connectivity index (χ1) is 12.3. The Hall–Kier alpha value is -2.21. The smallest absolute Gasteiger partial charge is 0.134 e. The summed E-state index contributed by atoms with van der Waals surface area (Å²) in [6.45, 7) is 2.90. The summed E-state index contributed by atoms with van der Waals surface area (Å²) in [6, 6.07) is 8.69. The third-order valence-corrected chi connectivity index (χ3v) is 5.08. The van der Waals surface area contributed by atoms with Gasteiger partial charge < -0.3 is 14.9 Å². The number of rotatable bonds is 6. The molecule has 0 radical (unpaired) electrons. The molecule has 1 atom stereocenters. The van der Waals surface area contributed by atoms with Crippen molar-refractivity contribution in [2.24, 2.45) is 5.92 Å². The summed E-state index contributed by atoms with van der Waals surface area (Å²) < 4.78 is 0. The van der Waals surface area contributed by atoms with Gasteiger partial charge in [0.1, 0.15) is 18.0 Å². The van der Waals surface area contributed by atoms with Crippen LogP contribution in [0.4, 0.5) is 11.6 Å². The number of aromatic nitrogens is 3. The number of piperidine rings is 1. The molecule has 1 aliphatic heterocycles. The minimum absolute atomic E-state index is 0.252. The van der Waals surface area contributed by atoms with Crippen molar-refractivity contribution in [1.29, 1.82) is 0 Å². The topological polar surface area (TPSA) is 65.4 Å². The highest BCUT2D eigenvalue weighted by atomic mass is 16.3. The molecule has 2 aliphatic rings. The SMILES string of the molecule is OCC1CCCN(c2cc(N(Cc3ccccn3)C3CC3)ncn2)C1. The largest absolute Gasteiger partial charge is 0.396 e. The van der Waals surface area contributed by atoms with Crippen LogP contribution < -0.4 is 9.80 Å². The summed E-state index contributed by atoms with van der Waals surface area (Å²) in [4.78, 5) is 18.1. The van der Waals surface area contributed by atoms with Gasteiger partial charge in [-0.15, -0.1) is 0 Å². The van der Waals surface area contributed by atoms with Crippen LogP contribution in [0.15, 0.2) is 36.8 Å². The number of hydrogen-bond donors (Lipinski definition) is 1. The molecule has 2 aromatic rings. The molecule has 1 N–H and O–H groups in total. The number of pyridine rings is 1. The van der Waals surface area contributed by atoms with Crippen LogP contribution in [0.25, 0.3) is 0 Å². The van der Waals surface area contributed by atoms with Crippen LogP contribution in [0.3, 0.4) is 0 Å². The van der Waals surface area contributed by atoms with Crippen LogP contribution in [0, 0.1) is 5.92 Å². The Kier molecular flexibility index (Phi) is 4.78. The van der Waals surface area contributed by atoms with E-state index < -0.39 is 0 Å². The molecule has 1 saturated carbocycles. The first-order valence-electron chi connectivity index (χ1n) is 9.18. The van der Waals surface area contributed by atoms with Crippen molar-refractivity contribution in [1.82, 2.24) is 15.0 Å². The van der Waals surface area contributed by atoms with Gasteiger partial charge in [-0.2, -0.15) is 0 Å². The zero-order chi connectivity index (χ0) is 17.1. The number of aliphatic hydroxyl groups excluding tert-OH is 1. The van der Waals surface area contributed by atoms with Crippen molar-refractivity contribution in [2.45, 2.75) is 38.3 Å². The van der Waals surface area contributed by atoms with E-state index in [2.05, 4.69) is 36.9 Å². The zero-order valence-electron chi connectivity index (χ0n) is 14.5. The van der Waals surface area contributed by atoms with Crippen LogP contribution in [0.2, 0.25) is 0 Å². The highest BCUT2D eigenvalue weighted by Gasteiger charge is 2.31. The molecule has 2 fully saturated rings. The fourth-order valence-corrected chi connectivity index (χ4v) is 3.54. The average molecular weight is 339 g/mol. The van der Waals surface area contributed by atoms with Gasteiger partial charge in [-0.3, -0.25) is 4.98 Å². The van der Waals surface area contributed by atoms with Crippen LogP contribution in [0.1, 0.15) is 31.4 Å². The lowest BCUT2D eigenvalue weighted by atomic mass is 9.99. The molecule has 3 heterocycles. The van der Waals surface area contributed by atoms with Gasteiger partial charge in [0.25, 0.3) is 0 Å². The minimum Gasteiger partial charge on any atom is -0.396 e. The molecule has 6 nitrogen and oxygen atoms in total. The zero-order valence-corrected chi connectivity index (χ0v) is 14.5. The first-order valence-corrected chi connectivity index (χ1v) is 9.18. The second kappa shape index (κ2) is 7.35. The molecule has 25 heavy (non-hydrogen) atoms. The lowest BCUT2D eigenvalue weighted by molar-refractivity contribution is 0.208. The highest BCUT2D eigenvalue weighted by molar-refractivity contribution is 5.52. The standard InChI is InChI=1S/C19H25N5O/c25-13-15-4-3-9-23(11-15)18-10-19(22-14-21-18)24(17-6-7-17)12-16-5-1-2-8-20-16/h1-2,5,8,10,14-15,17,25H,3-4,6-7,9,11-13H2. The molecule has 0 bridgehead atoms. The molecule has 132 valence electrons. The quantitative estimate of drug-likeness (QED) is 0.871. The van der Waals surface area contributed by atoms with Crippen LogP contribution in [-0.4, -0.2) is 45.8 Å². The van der Waals surface area contributed by atoms with Gasteiger partial charge in [0, 0.05) is 38.0 Å². The highest BCUT2D eigenvalue weighted by Crippen LogP contribution is 2.33. The van der Waals surface area contributed by atoms with Crippen molar-refractivity contribution in [3.8, 4) is 0 Å². The molecule has 1 aliphatic carbocycles. The molecule has 1 saturated heterocycles. The van der Waals surface area contributed by atoms with Gasteiger partial charge in [-0.05, 0) is 43.7 Å². The van der Waals surface area contributed by atoms with Crippen LogP contribution in [0.5, 0.6) is 0 Å². The molecule has 2 aromatic heterocycles. The third kappa shape index (κ3) is 3.90. The van der Waals surface area contributed by atoms with E-state index in [9.17, 15) is 5.11 Å². The van der Waals surface area contributed by atoms with Crippen LogP contribution >= 0.6 is 0 Å². The maximum atomic E-state index is 9.47. The molecular weight excluding hydrogens is 314 g/mol. The normalized spacial score (nSPS) is 20.5. The molecule has 1 unspecified atom stereocenters. The number of hydrogen-bond acceptors (Lipinski definition) is 6. The fourth-order valence-electron chi connectivity index (χ4n) is 3.54. The van der Waals surface area contributed by atoms with Gasteiger partial charge in [-0.1, -0.05) is 6.07 Å². The Morgan fingerprint density at radius 1 is 1.16 bits per heavy atom. The lowest BCUT2D eigenvalue weighted by Crippen LogP contribution is -2.37. The lowest BCUT2D eigenvalue weighted by Gasteiger charge is -2.33. The molecule has 0 amide bonds. The van der Waals surface area contributed by atoms with E-state index in [4.69, 9.17) is 0 Å². The summed E-state index contributed by atoms with van der Waals surface area (Å²) in [5, 5.41) is 9.47. The molecule has 0 aromatic carbocycles. The van der Waals surface area contributed by atoms with Gasteiger partial charge in [-0.25, -0.2) is 9.97 Å². The van der Waals surface area contributed by atoms with E-state index in [0.717, 1.165) is 49.8 Å². The van der Waals surface area contributed by atoms with E-state index in [0.29, 0.717) is 12.0 Å². The monoisotopic (exact) mass is 339 g/mol. The third-order valence-electron chi connectivity index (χ3n) is 5.08. The Labute approximate surface area is 148 Å². The maximum absolute atomic E-state index is 9.47. The Balaban J connectivity index is 1.54. The van der Waals surface area contributed by atoms with Gasteiger partial charge in [0.15, 0.2) is 0 Å². The van der Waals surface area contributed by atoms with Crippen molar-refractivity contribution in [3.05, 3.63) is 42.5 Å². The Morgan fingerprint density at radius 3 is 2.84 bits per heavy atom.